The molecule has 3 aliphatic rings. The standard InChI is InChI=1S/C23H22N4O5/c1-32-17-7-6-16-12-27(20(29)18(16)8-17)13-23(21(30)24-22(31)25-23)9-19(28)26-10-14-4-2-3-5-15(14)11-26/h2-8H,9-13H2,1H3,(H2,24,25,30,31). The van der Waals surface area contributed by atoms with Crippen LogP contribution in [0.2, 0.25) is 0 Å². The summed E-state index contributed by atoms with van der Waals surface area (Å²) in [5.74, 6) is -0.573. The number of methoxy groups -OCH3 is 1. The highest BCUT2D eigenvalue weighted by Crippen LogP contribution is 2.31. The number of fused-ring (bicyclic) bond motifs is 2. The van der Waals surface area contributed by atoms with Crippen molar-refractivity contribution in [3.05, 3.63) is 64.7 Å². The molecule has 1 atom stereocenters. The van der Waals surface area contributed by atoms with Crippen molar-refractivity contribution < 1.29 is 23.9 Å². The van der Waals surface area contributed by atoms with Gasteiger partial charge in [0.25, 0.3) is 11.8 Å². The molecule has 2 N–H and O–H groups in total. The molecule has 9 nitrogen and oxygen atoms in total. The van der Waals surface area contributed by atoms with Crippen LogP contribution in [-0.4, -0.2) is 52.7 Å². The Balaban J connectivity index is 1.37. The first kappa shape index (κ1) is 20.0. The summed E-state index contributed by atoms with van der Waals surface area (Å²) in [6.45, 7) is 1.09. The molecular formula is C23H22N4O5. The van der Waals surface area contributed by atoms with Crippen LogP contribution in [0.25, 0.3) is 0 Å². The Morgan fingerprint density at radius 3 is 2.38 bits per heavy atom. The average molecular weight is 434 g/mol. The van der Waals surface area contributed by atoms with Crippen molar-refractivity contribution in [3.63, 3.8) is 0 Å². The molecule has 0 saturated carbocycles. The van der Waals surface area contributed by atoms with Crippen molar-refractivity contribution in [1.29, 1.82) is 0 Å². The zero-order valence-electron chi connectivity index (χ0n) is 17.5. The van der Waals surface area contributed by atoms with E-state index in [1.807, 2.05) is 24.3 Å². The summed E-state index contributed by atoms with van der Waals surface area (Å²) in [6, 6.07) is 12.3. The molecule has 9 heteroatoms. The van der Waals surface area contributed by atoms with Crippen molar-refractivity contribution in [3.8, 4) is 5.75 Å². The number of amides is 5. The Morgan fingerprint density at radius 1 is 1.03 bits per heavy atom. The molecule has 1 unspecified atom stereocenters. The van der Waals surface area contributed by atoms with Gasteiger partial charge in [0.1, 0.15) is 11.3 Å². The number of nitrogens with one attached hydrogen (secondary N) is 2. The quantitative estimate of drug-likeness (QED) is 0.687. The van der Waals surface area contributed by atoms with Crippen molar-refractivity contribution in [2.24, 2.45) is 0 Å². The minimum atomic E-state index is -1.52. The highest BCUT2D eigenvalue weighted by molar-refractivity contribution is 6.09. The lowest BCUT2D eigenvalue weighted by Crippen LogP contribution is -2.57. The monoisotopic (exact) mass is 434 g/mol. The average Bonchev–Trinajstić information content (AvgIpc) is 3.42. The topological polar surface area (TPSA) is 108 Å². The number of nitrogens with zero attached hydrogens (tertiary/aromatic N) is 2. The fraction of sp³-hybridized carbons (Fsp3) is 0.304. The second-order valence-corrected chi connectivity index (χ2v) is 8.37. The van der Waals surface area contributed by atoms with Gasteiger partial charge in [-0.25, -0.2) is 4.79 Å². The maximum absolute atomic E-state index is 13.2. The van der Waals surface area contributed by atoms with Crippen LogP contribution in [-0.2, 0) is 29.2 Å². The number of ether oxygens (including phenoxy) is 1. The molecule has 2 aromatic rings. The van der Waals surface area contributed by atoms with E-state index >= 15 is 0 Å². The van der Waals surface area contributed by atoms with Gasteiger partial charge in [-0.15, -0.1) is 0 Å². The molecule has 1 saturated heterocycles. The van der Waals surface area contributed by atoms with Crippen LogP contribution in [0.15, 0.2) is 42.5 Å². The van der Waals surface area contributed by atoms with Crippen molar-refractivity contribution in [2.75, 3.05) is 13.7 Å². The molecule has 3 heterocycles. The molecule has 3 aliphatic heterocycles. The molecule has 0 aliphatic carbocycles. The number of rotatable bonds is 5. The van der Waals surface area contributed by atoms with Crippen LogP contribution in [0.1, 0.15) is 33.5 Å². The van der Waals surface area contributed by atoms with Crippen LogP contribution >= 0.6 is 0 Å². The zero-order valence-corrected chi connectivity index (χ0v) is 17.5. The molecule has 5 amide bonds. The predicted molar refractivity (Wildman–Crippen MR) is 112 cm³/mol. The highest BCUT2D eigenvalue weighted by Gasteiger charge is 2.51. The molecule has 32 heavy (non-hydrogen) atoms. The Labute approximate surface area is 184 Å². The molecular weight excluding hydrogens is 412 g/mol. The SMILES string of the molecule is COc1ccc2c(c1)C(=O)N(CC1(CC(=O)N3Cc4ccccc4C3)NC(=O)NC1=O)C2. The van der Waals surface area contributed by atoms with Crippen molar-refractivity contribution in [1.82, 2.24) is 20.4 Å². The summed E-state index contributed by atoms with van der Waals surface area (Å²) in [4.78, 5) is 54.2. The van der Waals surface area contributed by atoms with Crippen molar-refractivity contribution in [2.45, 2.75) is 31.6 Å². The normalized spacial score (nSPS) is 21.3. The number of carbonyl (C=O) groups is 4. The van der Waals surface area contributed by atoms with E-state index in [1.54, 1.807) is 23.1 Å². The van der Waals surface area contributed by atoms with Gasteiger partial charge < -0.3 is 19.9 Å². The van der Waals surface area contributed by atoms with E-state index < -0.39 is 17.5 Å². The van der Waals surface area contributed by atoms with E-state index in [9.17, 15) is 19.2 Å². The maximum atomic E-state index is 13.2. The second-order valence-electron chi connectivity index (χ2n) is 8.37. The van der Waals surface area contributed by atoms with Gasteiger partial charge in [-0.1, -0.05) is 30.3 Å². The van der Waals surface area contributed by atoms with E-state index in [0.717, 1.165) is 16.7 Å². The number of benzene rings is 2. The third kappa shape index (κ3) is 3.26. The van der Waals surface area contributed by atoms with E-state index in [2.05, 4.69) is 10.6 Å². The molecule has 1 fully saturated rings. The third-order valence-corrected chi connectivity index (χ3v) is 6.32. The van der Waals surface area contributed by atoms with Gasteiger partial charge in [-0.05, 0) is 28.8 Å². The molecule has 164 valence electrons. The maximum Gasteiger partial charge on any atom is 0.322 e. The summed E-state index contributed by atoms with van der Waals surface area (Å²) < 4.78 is 5.20. The summed E-state index contributed by atoms with van der Waals surface area (Å²) in [5.41, 5.74) is 1.90. The summed E-state index contributed by atoms with van der Waals surface area (Å²) in [6.07, 6.45) is -0.234. The largest absolute Gasteiger partial charge is 0.497 e. The third-order valence-electron chi connectivity index (χ3n) is 6.32. The number of hydrogen-bond donors (Lipinski definition) is 2. The smallest absolute Gasteiger partial charge is 0.322 e. The second kappa shape index (κ2) is 7.37. The first-order chi connectivity index (χ1) is 15.4. The van der Waals surface area contributed by atoms with E-state index in [0.29, 0.717) is 24.4 Å². The Hall–Kier alpha value is -3.88. The molecule has 0 radical (unpaired) electrons. The minimum Gasteiger partial charge on any atom is -0.497 e. The zero-order chi connectivity index (χ0) is 22.5. The molecule has 2 aromatic carbocycles. The lowest BCUT2D eigenvalue weighted by Gasteiger charge is -2.31. The van der Waals surface area contributed by atoms with Crippen molar-refractivity contribution >= 4 is 23.8 Å². The van der Waals surface area contributed by atoms with Gasteiger partial charge in [0, 0.05) is 25.2 Å². The van der Waals surface area contributed by atoms with E-state index in [-0.39, 0.29) is 31.3 Å². The Bertz CT molecular complexity index is 1140. The predicted octanol–water partition coefficient (Wildman–Crippen LogP) is 1.16. The van der Waals surface area contributed by atoms with Gasteiger partial charge in [0.15, 0.2) is 0 Å². The highest BCUT2D eigenvalue weighted by atomic mass is 16.5. The number of carbonyl (C=O) groups excluding carboxylic acids is 4. The van der Waals surface area contributed by atoms with Crippen LogP contribution in [0.5, 0.6) is 5.75 Å². The fourth-order valence-electron chi connectivity index (χ4n) is 4.62. The molecule has 0 spiro atoms. The first-order valence-corrected chi connectivity index (χ1v) is 10.3. The summed E-state index contributed by atoms with van der Waals surface area (Å²) in [5, 5.41) is 4.86. The van der Waals surface area contributed by atoms with Crippen LogP contribution < -0.4 is 15.4 Å². The van der Waals surface area contributed by atoms with E-state index in [4.69, 9.17) is 4.74 Å². The minimum absolute atomic E-state index is 0.104. The fourth-order valence-corrected chi connectivity index (χ4v) is 4.62. The Morgan fingerprint density at radius 2 is 1.75 bits per heavy atom. The summed E-state index contributed by atoms with van der Waals surface area (Å²) >= 11 is 0. The number of urea groups is 1. The van der Waals surface area contributed by atoms with Gasteiger partial charge in [0.2, 0.25) is 5.91 Å². The summed E-state index contributed by atoms with van der Waals surface area (Å²) in [7, 11) is 1.52. The number of imide groups is 1. The lowest BCUT2D eigenvalue weighted by molar-refractivity contribution is -0.137. The van der Waals surface area contributed by atoms with Crippen LogP contribution in [0.4, 0.5) is 4.79 Å². The lowest BCUT2D eigenvalue weighted by atomic mass is 9.93. The molecule has 0 aromatic heterocycles. The number of hydrogen-bond acceptors (Lipinski definition) is 5. The first-order valence-electron chi connectivity index (χ1n) is 10.3. The van der Waals surface area contributed by atoms with E-state index in [1.165, 1.54) is 12.0 Å². The van der Waals surface area contributed by atoms with Crippen LogP contribution in [0, 0.1) is 0 Å². The van der Waals surface area contributed by atoms with Gasteiger partial charge in [-0.2, -0.15) is 0 Å². The Kier molecular flexibility index (Phi) is 4.61. The van der Waals surface area contributed by atoms with Gasteiger partial charge in [0.05, 0.1) is 20.1 Å². The molecule has 5 rings (SSSR count). The van der Waals surface area contributed by atoms with Crippen LogP contribution in [0.3, 0.4) is 0 Å². The molecule has 0 bridgehead atoms. The van der Waals surface area contributed by atoms with Gasteiger partial charge >= 0.3 is 6.03 Å². The van der Waals surface area contributed by atoms with Gasteiger partial charge in [-0.3, -0.25) is 19.7 Å².